The molecular formula is C11H12BrF3O. The molecule has 16 heavy (non-hydrogen) atoms. The summed E-state index contributed by atoms with van der Waals surface area (Å²) in [7, 11) is 0. The molecule has 0 spiro atoms. The molecule has 5 heteroatoms. The standard InChI is InChI=1S/C11H12BrF3O/c1-3-10(16,11(13,14)15)8-4-5-9(12)7(2)6-8/h4-6,16H,3H2,1-2H3. The van der Waals surface area contributed by atoms with Gasteiger partial charge in [-0.25, -0.2) is 0 Å². The zero-order chi connectivity index (χ0) is 12.6. The van der Waals surface area contributed by atoms with E-state index < -0.39 is 18.2 Å². The fourth-order valence-electron chi connectivity index (χ4n) is 1.47. The third kappa shape index (κ3) is 2.25. The van der Waals surface area contributed by atoms with E-state index in [1.165, 1.54) is 25.1 Å². The van der Waals surface area contributed by atoms with Crippen molar-refractivity contribution in [3.63, 3.8) is 0 Å². The quantitative estimate of drug-likeness (QED) is 0.877. The SMILES string of the molecule is CCC(O)(c1ccc(Br)c(C)c1)C(F)(F)F. The molecule has 0 aliphatic rings. The summed E-state index contributed by atoms with van der Waals surface area (Å²) in [6, 6.07) is 4.15. The second kappa shape index (κ2) is 4.37. The molecule has 90 valence electrons. The minimum Gasteiger partial charge on any atom is -0.376 e. The third-order valence-electron chi connectivity index (χ3n) is 2.62. The highest BCUT2D eigenvalue weighted by Crippen LogP contribution is 2.42. The molecule has 0 aliphatic heterocycles. The molecule has 1 N–H and O–H groups in total. The first-order valence-electron chi connectivity index (χ1n) is 4.78. The van der Waals surface area contributed by atoms with Gasteiger partial charge in [0.2, 0.25) is 0 Å². The van der Waals surface area contributed by atoms with Crippen molar-refractivity contribution in [2.75, 3.05) is 0 Å². The average Bonchev–Trinajstić information content (AvgIpc) is 2.19. The van der Waals surface area contributed by atoms with Gasteiger partial charge in [0, 0.05) is 4.47 Å². The molecule has 0 aliphatic carbocycles. The topological polar surface area (TPSA) is 20.2 Å². The Morgan fingerprint density at radius 2 is 1.88 bits per heavy atom. The summed E-state index contributed by atoms with van der Waals surface area (Å²) in [6.45, 7) is 2.99. The molecular weight excluding hydrogens is 285 g/mol. The van der Waals surface area contributed by atoms with E-state index in [9.17, 15) is 18.3 Å². The van der Waals surface area contributed by atoms with Gasteiger partial charge in [0.25, 0.3) is 0 Å². The molecule has 0 bridgehead atoms. The Labute approximate surface area is 100 Å². The van der Waals surface area contributed by atoms with E-state index in [0.717, 1.165) is 4.47 Å². The number of rotatable bonds is 2. The Morgan fingerprint density at radius 3 is 2.25 bits per heavy atom. The summed E-state index contributed by atoms with van der Waals surface area (Å²) >= 11 is 3.21. The predicted molar refractivity (Wildman–Crippen MR) is 59.1 cm³/mol. The second-order valence-electron chi connectivity index (χ2n) is 3.68. The molecule has 1 nitrogen and oxygen atoms in total. The van der Waals surface area contributed by atoms with E-state index >= 15 is 0 Å². The van der Waals surface area contributed by atoms with E-state index in [4.69, 9.17) is 0 Å². The fourth-order valence-corrected chi connectivity index (χ4v) is 1.72. The van der Waals surface area contributed by atoms with Crippen molar-refractivity contribution >= 4 is 15.9 Å². The highest BCUT2D eigenvalue weighted by molar-refractivity contribution is 9.10. The molecule has 0 saturated heterocycles. The lowest BCUT2D eigenvalue weighted by Gasteiger charge is -2.30. The summed E-state index contributed by atoms with van der Waals surface area (Å²) in [6.07, 6.45) is -5.07. The van der Waals surface area contributed by atoms with Gasteiger partial charge < -0.3 is 5.11 Å². The first-order chi connectivity index (χ1) is 7.22. The largest absolute Gasteiger partial charge is 0.421 e. The summed E-state index contributed by atoms with van der Waals surface area (Å²) in [5, 5.41) is 9.70. The van der Waals surface area contributed by atoms with E-state index in [1.807, 2.05) is 0 Å². The number of aliphatic hydroxyl groups is 1. The van der Waals surface area contributed by atoms with Crippen LogP contribution < -0.4 is 0 Å². The van der Waals surface area contributed by atoms with E-state index in [1.54, 1.807) is 6.92 Å². The van der Waals surface area contributed by atoms with Crippen LogP contribution in [0, 0.1) is 6.92 Å². The molecule has 0 amide bonds. The van der Waals surface area contributed by atoms with Gasteiger partial charge in [-0.3, -0.25) is 0 Å². The van der Waals surface area contributed by atoms with Gasteiger partial charge in [-0.1, -0.05) is 35.0 Å². The maximum atomic E-state index is 12.8. The van der Waals surface area contributed by atoms with E-state index in [-0.39, 0.29) is 5.56 Å². The van der Waals surface area contributed by atoms with Crippen LogP contribution >= 0.6 is 15.9 Å². The predicted octanol–water partition coefficient (Wildman–Crippen LogP) is 3.92. The molecule has 0 saturated carbocycles. The van der Waals surface area contributed by atoms with Crippen molar-refractivity contribution in [2.24, 2.45) is 0 Å². The van der Waals surface area contributed by atoms with Gasteiger partial charge in [-0.05, 0) is 30.5 Å². The van der Waals surface area contributed by atoms with Gasteiger partial charge in [-0.15, -0.1) is 0 Å². The van der Waals surface area contributed by atoms with Crippen LogP contribution in [0.5, 0.6) is 0 Å². The number of benzene rings is 1. The smallest absolute Gasteiger partial charge is 0.376 e. The van der Waals surface area contributed by atoms with Crippen molar-refractivity contribution in [3.05, 3.63) is 33.8 Å². The Balaban J connectivity index is 3.29. The molecule has 0 fully saturated rings. The van der Waals surface area contributed by atoms with Crippen molar-refractivity contribution in [3.8, 4) is 0 Å². The van der Waals surface area contributed by atoms with Crippen molar-refractivity contribution in [1.29, 1.82) is 0 Å². The highest BCUT2D eigenvalue weighted by Gasteiger charge is 2.53. The molecule has 1 atom stereocenters. The van der Waals surface area contributed by atoms with Crippen LogP contribution in [0.4, 0.5) is 13.2 Å². The maximum absolute atomic E-state index is 12.8. The van der Waals surface area contributed by atoms with E-state index in [2.05, 4.69) is 15.9 Å². The number of halogens is 4. The molecule has 1 unspecified atom stereocenters. The van der Waals surface area contributed by atoms with Crippen molar-refractivity contribution in [1.82, 2.24) is 0 Å². The average molecular weight is 297 g/mol. The van der Waals surface area contributed by atoms with Crippen molar-refractivity contribution in [2.45, 2.75) is 32.0 Å². The zero-order valence-electron chi connectivity index (χ0n) is 8.90. The van der Waals surface area contributed by atoms with Crippen LogP contribution in [-0.4, -0.2) is 11.3 Å². The summed E-state index contributed by atoms with van der Waals surface area (Å²) in [5.74, 6) is 0. The van der Waals surface area contributed by atoms with Gasteiger partial charge in [0.15, 0.2) is 5.60 Å². The lowest BCUT2D eigenvalue weighted by Crippen LogP contribution is -2.41. The van der Waals surface area contributed by atoms with Crippen molar-refractivity contribution < 1.29 is 18.3 Å². The first kappa shape index (κ1) is 13.5. The molecule has 0 radical (unpaired) electrons. The van der Waals surface area contributed by atoms with Crippen LogP contribution in [0.15, 0.2) is 22.7 Å². The minimum absolute atomic E-state index is 0.122. The Bertz CT molecular complexity index is 389. The molecule has 1 aromatic rings. The number of alkyl halides is 3. The molecule has 1 aromatic carbocycles. The number of hydrogen-bond donors (Lipinski definition) is 1. The van der Waals surface area contributed by atoms with Gasteiger partial charge in [-0.2, -0.15) is 13.2 Å². The van der Waals surface area contributed by atoms with Crippen LogP contribution in [0.3, 0.4) is 0 Å². The van der Waals surface area contributed by atoms with Crippen LogP contribution in [0.1, 0.15) is 24.5 Å². The Kier molecular flexibility index (Phi) is 3.69. The second-order valence-corrected chi connectivity index (χ2v) is 4.53. The normalized spacial score (nSPS) is 15.9. The van der Waals surface area contributed by atoms with E-state index in [0.29, 0.717) is 5.56 Å². The lowest BCUT2D eigenvalue weighted by atomic mass is 9.89. The monoisotopic (exact) mass is 296 g/mol. The molecule has 1 rings (SSSR count). The Morgan fingerprint density at radius 1 is 1.31 bits per heavy atom. The van der Waals surface area contributed by atoms with Crippen LogP contribution in [0.2, 0.25) is 0 Å². The zero-order valence-corrected chi connectivity index (χ0v) is 10.5. The lowest BCUT2D eigenvalue weighted by molar-refractivity contribution is -0.267. The summed E-state index contributed by atoms with van der Waals surface area (Å²) in [5.41, 5.74) is -2.23. The molecule has 0 heterocycles. The summed E-state index contributed by atoms with van der Waals surface area (Å²) in [4.78, 5) is 0. The van der Waals surface area contributed by atoms with Gasteiger partial charge >= 0.3 is 6.18 Å². The minimum atomic E-state index is -4.66. The number of hydrogen-bond acceptors (Lipinski definition) is 1. The van der Waals surface area contributed by atoms with Crippen LogP contribution in [0.25, 0.3) is 0 Å². The van der Waals surface area contributed by atoms with Gasteiger partial charge in [0.05, 0.1) is 0 Å². The first-order valence-corrected chi connectivity index (χ1v) is 5.57. The van der Waals surface area contributed by atoms with Crippen LogP contribution in [-0.2, 0) is 5.60 Å². The molecule has 0 aromatic heterocycles. The number of aryl methyl sites for hydroxylation is 1. The fraction of sp³-hybridized carbons (Fsp3) is 0.455. The summed E-state index contributed by atoms with van der Waals surface area (Å²) < 4.78 is 39.0. The third-order valence-corrected chi connectivity index (χ3v) is 3.51. The maximum Gasteiger partial charge on any atom is 0.421 e. The Hall–Kier alpha value is -0.550. The van der Waals surface area contributed by atoms with Gasteiger partial charge in [0.1, 0.15) is 0 Å². The highest BCUT2D eigenvalue weighted by atomic mass is 79.9.